The van der Waals surface area contributed by atoms with Crippen LogP contribution in [0, 0.1) is 19.8 Å². The van der Waals surface area contributed by atoms with E-state index in [0.29, 0.717) is 11.6 Å². The minimum absolute atomic E-state index is 0.0415. The van der Waals surface area contributed by atoms with Crippen LogP contribution in [0.5, 0.6) is 0 Å². The molecule has 1 saturated heterocycles. The van der Waals surface area contributed by atoms with E-state index in [9.17, 15) is 4.79 Å². The Hall–Kier alpha value is -2.69. The predicted octanol–water partition coefficient (Wildman–Crippen LogP) is 3.44. The van der Waals surface area contributed by atoms with Crippen LogP contribution < -0.4 is 0 Å². The highest BCUT2D eigenvalue weighted by molar-refractivity contribution is 5.93. The van der Waals surface area contributed by atoms with Crippen LogP contribution in [-0.4, -0.2) is 38.3 Å². The molecule has 26 heavy (non-hydrogen) atoms. The van der Waals surface area contributed by atoms with Gasteiger partial charge in [0.05, 0.1) is 0 Å². The smallest absolute Gasteiger partial charge is 0.274 e. The van der Waals surface area contributed by atoms with Gasteiger partial charge in [0.2, 0.25) is 0 Å². The molecule has 1 aliphatic heterocycles. The van der Waals surface area contributed by atoms with Crippen LogP contribution in [0.4, 0.5) is 0 Å². The maximum atomic E-state index is 13.0. The lowest BCUT2D eigenvalue weighted by Gasteiger charge is -2.32. The summed E-state index contributed by atoms with van der Waals surface area (Å²) in [6.07, 6.45) is 6.99. The van der Waals surface area contributed by atoms with Gasteiger partial charge in [-0.2, -0.15) is 0 Å². The molecular formula is C21H24N4O. The van der Waals surface area contributed by atoms with Gasteiger partial charge in [-0.05, 0) is 62.8 Å². The molecule has 134 valence electrons. The quantitative estimate of drug-likeness (QED) is 0.728. The summed E-state index contributed by atoms with van der Waals surface area (Å²) < 4.78 is 1.98. The van der Waals surface area contributed by atoms with E-state index in [4.69, 9.17) is 0 Å². The number of aryl methyl sites for hydroxylation is 2. The van der Waals surface area contributed by atoms with Crippen molar-refractivity contribution in [2.45, 2.75) is 33.1 Å². The first-order valence-corrected chi connectivity index (χ1v) is 9.25. The number of likely N-dealkylation sites (tertiary alicyclic amines) is 1. The number of imidazole rings is 1. The standard InChI is InChI=1S/C21H24N4O/c1-15-8-9-17(12-22-15)11-18-6-4-10-24(13-18)21(26)19-14-25-16(2)5-3-7-20(25)23-19/h3,5,7-9,12,14,18H,4,6,10-11,13H2,1-2H3/t18-/m1/s1. The van der Waals surface area contributed by atoms with Gasteiger partial charge in [0, 0.05) is 36.9 Å². The normalized spacial score (nSPS) is 17.6. The molecule has 0 bridgehead atoms. The topological polar surface area (TPSA) is 50.5 Å². The van der Waals surface area contributed by atoms with Crippen molar-refractivity contribution in [1.82, 2.24) is 19.3 Å². The zero-order chi connectivity index (χ0) is 18.1. The maximum Gasteiger partial charge on any atom is 0.274 e. The van der Waals surface area contributed by atoms with Crippen LogP contribution in [0.25, 0.3) is 5.65 Å². The number of rotatable bonds is 3. The highest BCUT2D eigenvalue weighted by Gasteiger charge is 2.26. The number of amides is 1. The van der Waals surface area contributed by atoms with Crippen LogP contribution in [0.15, 0.2) is 42.7 Å². The molecule has 0 spiro atoms. The van der Waals surface area contributed by atoms with E-state index in [2.05, 4.69) is 22.1 Å². The number of aromatic nitrogens is 3. The Balaban J connectivity index is 1.48. The van der Waals surface area contributed by atoms with E-state index in [1.165, 1.54) is 5.56 Å². The Kier molecular flexibility index (Phi) is 4.45. The Morgan fingerprint density at radius 3 is 2.88 bits per heavy atom. The second kappa shape index (κ2) is 6.90. The van der Waals surface area contributed by atoms with Gasteiger partial charge in [-0.25, -0.2) is 4.98 Å². The largest absolute Gasteiger partial charge is 0.337 e. The molecule has 5 nitrogen and oxygen atoms in total. The van der Waals surface area contributed by atoms with Gasteiger partial charge < -0.3 is 9.30 Å². The molecular weight excluding hydrogens is 324 g/mol. The van der Waals surface area contributed by atoms with Crippen LogP contribution in [0.2, 0.25) is 0 Å². The first-order valence-electron chi connectivity index (χ1n) is 9.25. The Morgan fingerprint density at radius 1 is 1.23 bits per heavy atom. The summed E-state index contributed by atoms with van der Waals surface area (Å²) >= 11 is 0. The summed E-state index contributed by atoms with van der Waals surface area (Å²) in [5.74, 6) is 0.524. The summed E-state index contributed by atoms with van der Waals surface area (Å²) in [6, 6.07) is 10.1. The summed E-state index contributed by atoms with van der Waals surface area (Å²) in [5.41, 5.74) is 4.73. The minimum atomic E-state index is 0.0415. The van der Waals surface area contributed by atoms with Crippen molar-refractivity contribution in [3.8, 4) is 0 Å². The first kappa shape index (κ1) is 16.8. The number of piperidine rings is 1. The van der Waals surface area contributed by atoms with Gasteiger partial charge in [-0.1, -0.05) is 12.1 Å². The van der Waals surface area contributed by atoms with Gasteiger partial charge >= 0.3 is 0 Å². The van der Waals surface area contributed by atoms with Crippen molar-refractivity contribution in [2.75, 3.05) is 13.1 Å². The van der Waals surface area contributed by atoms with Crippen molar-refractivity contribution in [2.24, 2.45) is 5.92 Å². The molecule has 1 aliphatic rings. The molecule has 1 amide bonds. The van der Waals surface area contributed by atoms with Gasteiger partial charge in [0.1, 0.15) is 11.3 Å². The SMILES string of the molecule is Cc1ccc(C[C@H]2CCCN(C(=O)c3cn4c(C)cccc4n3)C2)cn1. The van der Waals surface area contributed by atoms with E-state index in [1.807, 2.05) is 53.7 Å². The summed E-state index contributed by atoms with van der Waals surface area (Å²) in [7, 11) is 0. The number of carbonyl (C=O) groups is 1. The second-order valence-corrected chi connectivity index (χ2v) is 7.29. The van der Waals surface area contributed by atoms with E-state index >= 15 is 0 Å². The second-order valence-electron chi connectivity index (χ2n) is 7.29. The summed E-state index contributed by atoms with van der Waals surface area (Å²) in [4.78, 5) is 23.8. The molecule has 4 heterocycles. The molecule has 1 atom stereocenters. The molecule has 4 rings (SSSR count). The van der Waals surface area contributed by atoms with Crippen molar-refractivity contribution >= 4 is 11.6 Å². The van der Waals surface area contributed by atoms with E-state index in [1.54, 1.807) is 0 Å². The van der Waals surface area contributed by atoms with Crippen molar-refractivity contribution in [3.63, 3.8) is 0 Å². The number of nitrogens with zero attached hydrogens (tertiary/aromatic N) is 4. The highest BCUT2D eigenvalue weighted by atomic mass is 16.2. The zero-order valence-corrected chi connectivity index (χ0v) is 15.4. The number of pyridine rings is 2. The number of hydrogen-bond donors (Lipinski definition) is 0. The number of hydrogen-bond acceptors (Lipinski definition) is 3. The van der Waals surface area contributed by atoms with Gasteiger partial charge in [-0.15, -0.1) is 0 Å². The fraction of sp³-hybridized carbons (Fsp3) is 0.381. The van der Waals surface area contributed by atoms with Gasteiger partial charge in [0.15, 0.2) is 0 Å². The third kappa shape index (κ3) is 3.34. The average Bonchev–Trinajstić information content (AvgIpc) is 3.09. The monoisotopic (exact) mass is 348 g/mol. The van der Waals surface area contributed by atoms with E-state index < -0.39 is 0 Å². The van der Waals surface area contributed by atoms with Crippen molar-refractivity contribution < 1.29 is 4.79 Å². The van der Waals surface area contributed by atoms with Crippen LogP contribution in [-0.2, 0) is 6.42 Å². The third-order valence-electron chi connectivity index (χ3n) is 5.22. The molecule has 0 aliphatic carbocycles. The third-order valence-corrected chi connectivity index (χ3v) is 5.22. The van der Waals surface area contributed by atoms with E-state index in [0.717, 1.165) is 49.4 Å². The van der Waals surface area contributed by atoms with E-state index in [-0.39, 0.29) is 5.91 Å². The minimum Gasteiger partial charge on any atom is -0.337 e. The Bertz CT molecular complexity index is 929. The summed E-state index contributed by atoms with van der Waals surface area (Å²) in [5, 5.41) is 0. The lowest BCUT2D eigenvalue weighted by atomic mass is 9.91. The summed E-state index contributed by atoms with van der Waals surface area (Å²) in [6.45, 7) is 5.63. The lowest BCUT2D eigenvalue weighted by Crippen LogP contribution is -2.40. The molecule has 5 heteroatoms. The van der Waals surface area contributed by atoms with Crippen LogP contribution in [0.1, 0.15) is 40.3 Å². The fourth-order valence-electron chi connectivity index (χ4n) is 3.78. The zero-order valence-electron chi connectivity index (χ0n) is 15.4. The first-order chi connectivity index (χ1) is 12.6. The van der Waals surface area contributed by atoms with Crippen molar-refractivity contribution in [3.05, 3.63) is 65.4 Å². The predicted molar refractivity (Wildman–Crippen MR) is 101 cm³/mol. The molecule has 0 unspecified atom stereocenters. The van der Waals surface area contributed by atoms with Crippen LogP contribution in [0.3, 0.4) is 0 Å². The molecule has 0 saturated carbocycles. The molecule has 0 N–H and O–H groups in total. The Morgan fingerprint density at radius 2 is 2.12 bits per heavy atom. The molecule has 0 aromatic carbocycles. The molecule has 1 fully saturated rings. The van der Waals surface area contributed by atoms with Crippen LogP contribution >= 0.6 is 0 Å². The van der Waals surface area contributed by atoms with Gasteiger partial charge in [-0.3, -0.25) is 9.78 Å². The molecule has 3 aromatic rings. The number of carbonyl (C=O) groups excluding carboxylic acids is 1. The van der Waals surface area contributed by atoms with Crippen molar-refractivity contribution in [1.29, 1.82) is 0 Å². The molecule has 0 radical (unpaired) electrons. The van der Waals surface area contributed by atoms with Gasteiger partial charge in [0.25, 0.3) is 5.91 Å². The fourth-order valence-corrected chi connectivity index (χ4v) is 3.78. The Labute approximate surface area is 153 Å². The lowest BCUT2D eigenvalue weighted by molar-refractivity contribution is 0.0668. The average molecular weight is 348 g/mol. The maximum absolute atomic E-state index is 13.0. The molecule has 3 aromatic heterocycles. The highest BCUT2D eigenvalue weighted by Crippen LogP contribution is 2.22. The number of fused-ring (bicyclic) bond motifs is 1.